The molecule has 0 bridgehead atoms. The minimum atomic E-state index is -1.15. The van der Waals surface area contributed by atoms with Crippen molar-refractivity contribution in [1.82, 2.24) is 15.0 Å². The summed E-state index contributed by atoms with van der Waals surface area (Å²) in [5.74, 6) is -2.25. The number of hydrogen-bond donors (Lipinski definition) is 0. The van der Waals surface area contributed by atoms with Crippen LogP contribution in [-0.2, 0) is 51.3 Å². The number of hydrogen-bond acceptors (Lipinski definition) is 10. The zero-order chi connectivity index (χ0) is 24.0. The van der Waals surface area contributed by atoms with E-state index in [0.29, 0.717) is 5.69 Å². The molecule has 12 heteroatoms. The van der Waals surface area contributed by atoms with E-state index in [2.05, 4.69) is 10.3 Å². The molecule has 0 radical (unpaired) electrons. The Morgan fingerprint density at radius 2 is 1.64 bits per heavy atom. The first kappa shape index (κ1) is 24.3. The molecule has 3 rings (SSSR count). The second-order valence-corrected chi connectivity index (χ2v) is 7.33. The van der Waals surface area contributed by atoms with Crippen LogP contribution in [0.5, 0.6) is 0 Å². The minimum Gasteiger partial charge on any atom is -0.456 e. The number of halogens is 1. The summed E-state index contributed by atoms with van der Waals surface area (Å²) in [5, 5.41) is 8.02. The molecule has 0 amide bonds. The van der Waals surface area contributed by atoms with Crippen molar-refractivity contribution >= 4 is 17.9 Å². The molecule has 33 heavy (non-hydrogen) atoms. The highest BCUT2D eigenvalue weighted by Gasteiger charge is 2.48. The summed E-state index contributed by atoms with van der Waals surface area (Å²) in [6, 6.07) is 5.90. The molecule has 1 fully saturated rings. The number of nitrogens with zero attached hydrogens (tertiary/aromatic N) is 3. The zero-order valence-corrected chi connectivity index (χ0v) is 18.3. The SMILES string of the molecule is CC(=O)O[C@@H]1[C@@H](OC(C)=O)[C@H](OC(C)=O)CO[C@H]1n1cc(COCc2ccc(F)cc2)nn1. The second-order valence-electron chi connectivity index (χ2n) is 7.33. The Balaban J connectivity index is 1.72. The summed E-state index contributed by atoms with van der Waals surface area (Å²) in [7, 11) is 0. The normalized spacial score (nSPS) is 22.4. The van der Waals surface area contributed by atoms with Gasteiger partial charge >= 0.3 is 17.9 Å². The highest BCUT2D eigenvalue weighted by Crippen LogP contribution is 2.30. The molecule has 1 aromatic heterocycles. The van der Waals surface area contributed by atoms with Crippen LogP contribution in [-0.4, -0.2) is 57.8 Å². The van der Waals surface area contributed by atoms with Gasteiger partial charge in [0, 0.05) is 20.8 Å². The third-order valence-corrected chi connectivity index (χ3v) is 4.57. The first-order valence-corrected chi connectivity index (χ1v) is 10.1. The number of rotatable bonds is 8. The highest BCUT2D eigenvalue weighted by atomic mass is 19.1. The number of esters is 3. The summed E-state index contributed by atoms with van der Waals surface area (Å²) in [6.07, 6.45) is -2.71. The summed E-state index contributed by atoms with van der Waals surface area (Å²) in [4.78, 5) is 34.9. The van der Waals surface area contributed by atoms with E-state index in [1.54, 1.807) is 12.1 Å². The third kappa shape index (κ3) is 6.80. The lowest BCUT2D eigenvalue weighted by atomic mass is 10.0. The van der Waals surface area contributed by atoms with Crippen LogP contribution < -0.4 is 0 Å². The average Bonchev–Trinajstić information content (AvgIpc) is 3.19. The number of benzene rings is 1. The van der Waals surface area contributed by atoms with E-state index in [1.165, 1.54) is 43.8 Å². The predicted molar refractivity (Wildman–Crippen MR) is 107 cm³/mol. The van der Waals surface area contributed by atoms with Crippen LogP contribution in [0.15, 0.2) is 30.5 Å². The molecule has 0 N–H and O–H groups in total. The van der Waals surface area contributed by atoms with Crippen molar-refractivity contribution in [2.75, 3.05) is 6.61 Å². The van der Waals surface area contributed by atoms with Crippen molar-refractivity contribution in [3.8, 4) is 0 Å². The standard InChI is InChI=1S/C21H24FN3O8/c1-12(26)31-18-11-30-21(20(33-14(3)28)19(18)32-13(2)27)25-8-17(23-24-25)10-29-9-15-4-6-16(22)7-5-15/h4-8,18-21H,9-11H2,1-3H3/t18-,19+,20-,21-/m1/s1. The van der Waals surface area contributed by atoms with Crippen LogP contribution in [0.25, 0.3) is 0 Å². The van der Waals surface area contributed by atoms with E-state index in [-0.39, 0.29) is 25.6 Å². The van der Waals surface area contributed by atoms with Crippen molar-refractivity contribution in [2.45, 2.75) is 58.5 Å². The van der Waals surface area contributed by atoms with Gasteiger partial charge in [0.25, 0.3) is 0 Å². The molecular formula is C21H24FN3O8. The predicted octanol–water partition coefficient (Wildman–Crippen LogP) is 1.46. The molecule has 1 saturated heterocycles. The highest BCUT2D eigenvalue weighted by molar-refractivity contribution is 5.68. The Morgan fingerprint density at radius 3 is 2.27 bits per heavy atom. The molecule has 178 valence electrons. The lowest BCUT2D eigenvalue weighted by Gasteiger charge is -2.40. The summed E-state index contributed by atoms with van der Waals surface area (Å²) in [5.41, 5.74) is 1.24. The Labute approximate surface area is 188 Å². The van der Waals surface area contributed by atoms with Gasteiger partial charge in [0.2, 0.25) is 0 Å². The molecule has 1 aromatic carbocycles. The van der Waals surface area contributed by atoms with E-state index in [1.807, 2.05) is 0 Å². The average molecular weight is 465 g/mol. The summed E-state index contributed by atoms with van der Waals surface area (Å²) < 4.78 is 41.5. The van der Waals surface area contributed by atoms with Crippen molar-refractivity contribution < 1.29 is 42.5 Å². The largest absolute Gasteiger partial charge is 0.456 e. The van der Waals surface area contributed by atoms with E-state index < -0.39 is 42.4 Å². The quantitative estimate of drug-likeness (QED) is 0.417. The van der Waals surface area contributed by atoms with Gasteiger partial charge in [-0.3, -0.25) is 14.4 Å². The van der Waals surface area contributed by atoms with Crippen LogP contribution in [0.2, 0.25) is 0 Å². The summed E-state index contributed by atoms with van der Waals surface area (Å²) in [6.45, 7) is 3.79. The monoisotopic (exact) mass is 465 g/mol. The van der Waals surface area contributed by atoms with Gasteiger partial charge in [0.1, 0.15) is 11.5 Å². The fourth-order valence-corrected chi connectivity index (χ4v) is 3.31. The molecule has 2 aromatic rings. The fraction of sp³-hybridized carbons (Fsp3) is 0.476. The van der Waals surface area contributed by atoms with E-state index in [0.717, 1.165) is 5.56 Å². The smallest absolute Gasteiger partial charge is 0.303 e. The second kappa shape index (κ2) is 11.0. The Hall–Kier alpha value is -3.38. The minimum absolute atomic E-state index is 0.103. The van der Waals surface area contributed by atoms with Gasteiger partial charge in [-0.05, 0) is 17.7 Å². The number of ether oxygens (including phenoxy) is 5. The first-order chi connectivity index (χ1) is 15.7. The number of carbonyl (C=O) groups excluding carboxylic acids is 3. The molecule has 4 atom stereocenters. The van der Waals surface area contributed by atoms with Crippen molar-refractivity contribution in [2.24, 2.45) is 0 Å². The van der Waals surface area contributed by atoms with Gasteiger partial charge in [-0.15, -0.1) is 5.10 Å². The van der Waals surface area contributed by atoms with Crippen LogP contribution in [0.1, 0.15) is 38.3 Å². The molecule has 0 aliphatic carbocycles. The van der Waals surface area contributed by atoms with Crippen molar-refractivity contribution in [3.05, 3.63) is 47.5 Å². The topological polar surface area (TPSA) is 128 Å². The van der Waals surface area contributed by atoms with Crippen LogP contribution >= 0.6 is 0 Å². The van der Waals surface area contributed by atoms with Crippen LogP contribution in [0, 0.1) is 5.82 Å². The van der Waals surface area contributed by atoms with E-state index in [9.17, 15) is 18.8 Å². The Bertz CT molecular complexity index is 980. The van der Waals surface area contributed by atoms with E-state index >= 15 is 0 Å². The van der Waals surface area contributed by atoms with Crippen LogP contribution in [0.3, 0.4) is 0 Å². The van der Waals surface area contributed by atoms with Gasteiger partial charge in [-0.2, -0.15) is 0 Å². The Kier molecular flexibility index (Phi) is 8.06. The molecule has 11 nitrogen and oxygen atoms in total. The van der Waals surface area contributed by atoms with Crippen molar-refractivity contribution in [1.29, 1.82) is 0 Å². The van der Waals surface area contributed by atoms with Gasteiger partial charge in [-0.25, -0.2) is 9.07 Å². The van der Waals surface area contributed by atoms with E-state index in [4.69, 9.17) is 23.7 Å². The molecule has 0 saturated carbocycles. The molecule has 2 heterocycles. The van der Waals surface area contributed by atoms with Gasteiger partial charge in [0.15, 0.2) is 24.5 Å². The molecule has 0 spiro atoms. The maximum atomic E-state index is 13.0. The fourth-order valence-electron chi connectivity index (χ4n) is 3.31. The lowest BCUT2D eigenvalue weighted by molar-refractivity contribution is -0.241. The zero-order valence-electron chi connectivity index (χ0n) is 18.3. The third-order valence-electron chi connectivity index (χ3n) is 4.57. The Morgan fingerprint density at radius 1 is 1.00 bits per heavy atom. The molecule has 0 unspecified atom stereocenters. The van der Waals surface area contributed by atoms with Crippen LogP contribution in [0.4, 0.5) is 4.39 Å². The van der Waals surface area contributed by atoms with Gasteiger partial charge < -0.3 is 23.7 Å². The number of carbonyl (C=O) groups is 3. The number of aromatic nitrogens is 3. The first-order valence-electron chi connectivity index (χ1n) is 10.1. The maximum absolute atomic E-state index is 13.0. The lowest BCUT2D eigenvalue weighted by Crippen LogP contribution is -2.55. The van der Waals surface area contributed by atoms with Gasteiger partial charge in [0.05, 0.1) is 26.0 Å². The summed E-state index contributed by atoms with van der Waals surface area (Å²) >= 11 is 0. The van der Waals surface area contributed by atoms with Crippen molar-refractivity contribution in [3.63, 3.8) is 0 Å². The molecular weight excluding hydrogens is 441 g/mol. The molecule has 1 aliphatic heterocycles. The molecule has 1 aliphatic rings. The van der Waals surface area contributed by atoms with Gasteiger partial charge in [-0.1, -0.05) is 17.3 Å². The maximum Gasteiger partial charge on any atom is 0.303 e.